The first-order valence-electron chi connectivity index (χ1n) is 8.66. The van der Waals surface area contributed by atoms with Gasteiger partial charge in [-0.2, -0.15) is 0 Å². The molecule has 1 heterocycles. The lowest BCUT2D eigenvalue weighted by atomic mass is 10.0. The van der Waals surface area contributed by atoms with Crippen LogP contribution in [0.3, 0.4) is 0 Å². The van der Waals surface area contributed by atoms with Crippen molar-refractivity contribution in [3.05, 3.63) is 53.2 Å². The molecule has 0 radical (unpaired) electrons. The molecule has 1 atom stereocenters. The number of nitrogens with one attached hydrogen (secondary N) is 1. The van der Waals surface area contributed by atoms with Gasteiger partial charge in [-0.15, -0.1) is 10.2 Å². The van der Waals surface area contributed by atoms with Gasteiger partial charge < -0.3 is 11.1 Å². The molecule has 1 amide bonds. The molecule has 1 aromatic heterocycles. The first kappa shape index (κ1) is 16.8. The van der Waals surface area contributed by atoms with Crippen LogP contribution in [0.15, 0.2) is 42.5 Å². The zero-order chi connectivity index (χ0) is 18.3. The fourth-order valence-electron chi connectivity index (χ4n) is 3.23. The molecule has 1 saturated carbocycles. The lowest BCUT2D eigenvalue weighted by Gasteiger charge is -2.18. The number of nitrogens with two attached hydrogens (primary N) is 1. The van der Waals surface area contributed by atoms with Gasteiger partial charge in [-0.3, -0.25) is 4.79 Å². The van der Waals surface area contributed by atoms with Crippen LogP contribution in [0.4, 0.5) is 5.69 Å². The van der Waals surface area contributed by atoms with Gasteiger partial charge in [0.25, 0.3) is 5.91 Å². The Bertz CT molecular complexity index is 1000. The smallest absolute Gasteiger partial charge is 0.271 e. The molecule has 0 spiro atoms. The van der Waals surface area contributed by atoms with E-state index >= 15 is 0 Å². The zero-order valence-electron chi connectivity index (χ0n) is 14.4. The van der Waals surface area contributed by atoms with E-state index < -0.39 is 5.91 Å². The van der Waals surface area contributed by atoms with Gasteiger partial charge in [-0.25, -0.2) is 0 Å². The molecule has 1 unspecified atom stereocenters. The molecule has 6 heteroatoms. The van der Waals surface area contributed by atoms with Crippen molar-refractivity contribution in [3.8, 4) is 11.1 Å². The van der Waals surface area contributed by atoms with E-state index in [1.165, 1.54) is 12.8 Å². The van der Waals surface area contributed by atoms with E-state index in [4.69, 9.17) is 17.3 Å². The van der Waals surface area contributed by atoms with Gasteiger partial charge in [0.05, 0.1) is 11.2 Å². The molecule has 5 nitrogen and oxygen atoms in total. The number of rotatable bonds is 5. The molecule has 1 fully saturated rings. The number of hydrogen-bond acceptors (Lipinski definition) is 4. The SMILES string of the molecule is CC(Nc1c(C(N)=O)nnc2cc(-c3ccccc3Cl)ccc12)C1CC1. The molecule has 3 aromatic rings. The summed E-state index contributed by atoms with van der Waals surface area (Å²) in [6.07, 6.45) is 2.40. The van der Waals surface area contributed by atoms with Crippen LogP contribution >= 0.6 is 11.6 Å². The second-order valence-electron chi connectivity index (χ2n) is 6.77. The summed E-state index contributed by atoms with van der Waals surface area (Å²) in [6.45, 7) is 2.12. The van der Waals surface area contributed by atoms with Crippen LogP contribution in [-0.4, -0.2) is 22.1 Å². The van der Waals surface area contributed by atoms with E-state index in [1.807, 2.05) is 42.5 Å². The monoisotopic (exact) mass is 366 g/mol. The minimum atomic E-state index is -0.583. The number of primary amides is 1. The number of amides is 1. The Kier molecular flexibility index (Phi) is 4.24. The highest BCUT2D eigenvalue weighted by molar-refractivity contribution is 6.33. The molecule has 0 aliphatic heterocycles. The van der Waals surface area contributed by atoms with Crippen LogP contribution < -0.4 is 11.1 Å². The lowest BCUT2D eigenvalue weighted by molar-refractivity contribution is 0.0995. The van der Waals surface area contributed by atoms with Crippen LogP contribution in [0.25, 0.3) is 22.0 Å². The van der Waals surface area contributed by atoms with E-state index in [9.17, 15) is 4.79 Å². The fraction of sp³-hybridized carbons (Fsp3) is 0.250. The van der Waals surface area contributed by atoms with Gasteiger partial charge in [0.2, 0.25) is 0 Å². The van der Waals surface area contributed by atoms with Crippen LogP contribution in [0, 0.1) is 5.92 Å². The third kappa shape index (κ3) is 3.10. The minimum Gasteiger partial charge on any atom is -0.380 e. The summed E-state index contributed by atoms with van der Waals surface area (Å²) in [5, 5.41) is 13.2. The Balaban J connectivity index is 1.83. The van der Waals surface area contributed by atoms with Crippen LogP contribution in [0.5, 0.6) is 0 Å². The normalized spacial score (nSPS) is 15.0. The first-order chi connectivity index (χ1) is 12.5. The molecule has 4 rings (SSSR count). The van der Waals surface area contributed by atoms with Crippen LogP contribution in [0.1, 0.15) is 30.3 Å². The molecule has 2 aromatic carbocycles. The van der Waals surface area contributed by atoms with Crippen LogP contribution in [-0.2, 0) is 0 Å². The summed E-state index contributed by atoms with van der Waals surface area (Å²) in [5.74, 6) is 0.0430. The highest BCUT2D eigenvalue weighted by Gasteiger charge is 2.29. The third-order valence-corrected chi connectivity index (χ3v) is 5.21. The van der Waals surface area contributed by atoms with Crippen molar-refractivity contribution in [2.75, 3.05) is 5.32 Å². The molecular weight excluding hydrogens is 348 g/mol. The van der Waals surface area contributed by atoms with E-state index in [1.54, 1.807) is 0 Å². The Morgan fingerprint density at radius 3 is 2.69 bits per heavy atom. The van der Waals surface area contributed by atoms with Gasteiger partial charge in [-0.1, -0.05) is 35.9 Å². The van der Waals surface area contributed by atoms with E-state index in [2.05, 4.69) is 22.4 Å². The number of anilines is 1. The van der Waals surface area contributed by atoms with Gasteiger partial charge in [-0.05, 0) is 49.4 Å². The number of nitrogens with zero attached hydrogens (tertiary/aromatic N) is 2. The minimum absolute atomic E-state index is 0.176. The van der Waals surface area contributed by atoms with Crippen molar-refractivity contribution in [1.29, 1.82) is 0 Å². The number of carbonyl (C=O) groups is 1. The first-order valence-corrected chi connectivity index (χ1v) is 9.04. The van der Waals surface area contributed by atoms with Crippen molar-refractivity contribution >= 4 is 34.1 Å². The lowest BCUT2D eigenvalue weighted by Crippen LogP contribution is -2.23. The predicted octanol–water partition coefficient (Wildman–Crippen LogP) is 4.26. The summed E-state index contributed by atoms with van der Waals surface area (Å²) >= 11 is 6.31. The largest absolute Gasteiger partial charge is 0.380 e. The Labute approximate surface area is 156 Å². The quantitative estimate of drug-likeness (QED) is 0.707. The summed E-state index contributed by atoms with van der Waals surface area (Å²) < 4.78 is 0. The van der Waals surface area contributed by atoms with Gasteiger partial charge in [0.1, 0.15) is 0 Å². The Morgan fingerprint density at radius 2 is 2.00 bits per heavy atom. The second kappa shape index (κ2) is 6.57. The summed E-state index contributed by atoms with van der Waals surface area (Å²) in [5.41, 5.74) is 8.92. The summed E-state index contributed by atoms with van der Waals surface area (Å²) in [4.78, 5) is 11.8. The number of carbonyl (C=O) groups excluding carboxylic acids is 1. The number of hydrogen-bond donors (Lipinski definition) is 2. The van der Waals surface area contributed by atoms with E-state index in [0.29, 0.717) is 22.1 Å². The molecule has 132 valence electrons. The zero-order valence-corrected chi connectivity index (χ0v) is 15.1. The molecule has 0 saturated heterocycles. The van der Waals surface area contributed by atoms with Crippen molar-refractivity contribution in [3.63, 3.8) is 0 Å². The number of aromatic nitrogens is 2. The second-order valence-corrected chi connectivity index (χ2v) is 7.18. The maximum atomic E-state index is 11.8. The molecule has 1 aliphatic carbocycles. The van der Waals surface area contributed by atoms with Gasteiger partial charge in [0, 0.05) is 22.0 Å². The maximum absolute atomic E-state index is 11.8. The fourth-order valence-corrected chi connectivity index (χ4v) is 3.48. The number of halogens is 1. The molecule has 0 bridgehead atoms. The molecule has 26 heavy (non-hydrogen) atoms. The van der Waals surface area contributed by atoms with Crippen molar-refractivity contribution in [2.45, 2.75) is 25.8 Å². The molecule has 3 N–H and O–H groups in total. The standard InChI is InChI=1S/C20H19ClN4O/c1-11(12-6-7-12)23-18-15-9-8-13(14-4-2-3-5-16(14)21)10-17(15)24-25-19(18)20(22)26/h2-5,8-12H,6-7H2,1H3,(H2,22,26)(H,23,24). The Morgan fingerprint density at radius 1 is 1.23 bits per heavy atom. The topological polar surface area (TPSA) is 80.9 Å². The molecular formula is C20H19ClN4O. The number of fused-ring (bicyclic) bond motifs is 1. The average Bonchev–Trinajstić information content (AvgIpc) is 3.47. The van der Waals surface area contributed by atoms with Crippen molar-refractivity contribution in [2.24, 2.45) is 11.7 Å². The van der Waals surface area contributed by atoms with Crippen LogP contribution in [0.2, 0.25) is 5.02 Å². The highest BCUT2D eigenvalue weighted by atomic mass is 35.5. The number of benzene rings is 2. The van der Waals surface area contributed by atoms with Gasteiger partial charge >= 0.3 is 0 Å². The van der Waals surface area contributed by atoms with E-state index in [-0.39, 0.29) is 11.7 Å². The average molecular weight is 367 g/mol. The maximum Gasteiger partial charge on any atom is 0.271 e. The van der Waals surface area contributed by atoms with E-state index in [0.717, 1.165) is 16.5 Å². The highest BCUT2D eigenvalue weighted by Crippen LogP contribution is 2.36. The van der Waals surface area contributed by atoms with Gasteiger partial charge in [0.15, 0.2) is 5.69 Å². The Hall–Kier alpha value is -2.66. The predicted molar refractivity (Wildman–Crippen MR) is 104 cm³/mol. The van der Waals surface area contributed by atoms with Crippen molar-refractivity contribution in [1.82, 2.24) is 10.2 Å². The summed E-state index contributed by atoms with van der Waals surface area (Å²) in [6, 6.07) is 13.8. The van der Waals surface area contributed by atoms with Crippen molar-refractivity contribution < 1.29 is 4.79 Å². The third-order valence-electron chi connectivity index (χ3n) is 4.88. The molecule has 1 aliphatic rings. The summed E-state index contributed by atoms with van der Waals surface area (Å²) in [7, 11) is 0.